The molecule has 0 aliphatic rings. The molecule has 1 amide bonds. The smallest absolute Gasteiger partial charge is 0.257 e. The summed E-state index contributed by atoms with van der Waals surface area (Å²) < 4.78 is 10.8. The van der Waals surface area contributed by atoms with Gasteiger partial charge in [-0.1, -0.05) is 19.1 Å². The highest BCUT2D eigenvalue weighted by Gasteiger charge is 2.14. The molecule has 0 fully saturated rings. The summed E-state index contributed by atoms with van der Waals surface area (Å²) in [4.78, 5) is 11.3. The molecule has 0 aliphatic heterocycles. The number of carbonyl (C=O) groups excluding carboxylic acids is 1. The zero-order chi connectivity index (χ0) is 14.3. The van der Waals surface area contributed by atoms with Crippen LogP contribution in [0.25, 0.3) is 0 Å². The summed E-state index contributed by atoms with van der Waals surface area (Å²) in [5.41, 5.74) is 6.93. The van der Waals surface area contributed by atoms with Crippen molar-refractivity contribution in [2.75, 3.05) is 20.8 Å². The number of methoxy groups -OCH3 is 1. The minimum absolute atomic E-state index is 0.0365. The van der Waals surface area contributed by atoms with Crippen LogP contribution in [0.2, 0.25) is 0 Å². The van der Waals surface area contributed by atoms with Gasteiger partial charge in [0.1, 0.15) is 0 Å². The molecule has 0 aliphatic carbocycles. The number of ether oxygens (including phenoxy) is 2. The minimum Gasteiger partial charge on any atom is -0.493 e. The van der Waals surface area contributed by atoms with E-state index in [1.165, 1.54) is 0 Å². The maximum Gasteiger partial charge on any atom is 0.257 e. The molecule has 0 saturated heterocycles. The van der Waals surface area contributed by atoms with Gasteiger partial charge in [0.2, 0.25) is 0 Å². The Morgan fingerprint density at radius 2 is 2.21 bits per heavy atom. The lowest BCUT2D eigenvalue weighted by Crippen LogP contribution is -2.26. The summed E-state index contributed by atoms with van der Waals surface area (Å²) in [5, 5.41) is 2.51. The summed E-state index contributed by atoms with van der Waals surface area (Å²) in [7, 11) is 3.15. The molecule has 0 bridgehead atoms. The number of para-hydroxylation sites is 1. The predicted molar refractivity (Wildman–Crippen MR) is 74.5 cm³/mol. The van der Waals surface area contributed by atoms with Gasteiger partial charge in [0, 0.05) is 13.1 Å². The number of rotatable bonds is 7. The van der Waals surface area contributed by atoms with E-state index in [-0.39, 0.29) is 18.6 Å². The third-order valence-electron chi connectivity index (χ3n) is 2.91. The van der Waals surface area contributed by atoms with E-state index < -0.39 is 0 Å². The fraction of sp³-hybridized carbons (Fsp3) is 0.500. The molecule has 5 nitrogen and oxygen atoms in total. The Kier molecular flexibility index (Phi) is 6.15. The highest BCUT2D eigenvalue weighted by molar-refractivity contribution is 5.77. The van der Waals surface area contributed by atoms with E-state index in [1.807, 2.05) is 19.1 Å². The van der Waals surface area contributed by atoms with E-state index in [1.54, 1.807) is 20.2 Å². The second-order valence-electron chi connectivity index (χ2n) is 4.28. The number of carbonyl (C=O) groups is 1. The van der Waals surface area contributed by atoms with E-state index in [4.69, 9.17) is 15.2 Å². The van der Waals surface area contributed by atoms with Crippen molar-refractivity contribution < 1.29 is 14.3 Å². The van der Waals surface area contributed by atoms with E-state index in [0.29, 0.717) is 17.9 Å². The Labute approximate surface area is 114 Å². The maximum atomic E-state index is 11.3. The molecule has 1 aromatic rings. The van der Waals surface area contributed by atoms with Crippen molar-refractivity contribution in [2.24, 2.45) is 5.73 Å². The van der Waals surface area contributed by atoms with Crippen LogP contribution in [0.5, 0.6) is 11.5 Å². The quantitative estimate of drug-likeness (QED) is 0.775. The third kappa shape index (κ3) is 4.44. The van der Waals surface area contributed by atoms with Crippen molar-refractivity contribution >= 4 is 5.91 Å². The van der Waals surface area contributed by atoms with E-state index in [0.717, 1.165) is 12.0 Å². The number of nitrogens with two attached hydrogens (primary N) is 1. The Balaban J connectivity index is 2.92. The van der Waals surface area contributed by atoms with Crippen molar-refractivity contribution in [3.63, 3.8) is 0 Å². The second-order valence-corrected chi connectivity index (χ2v) is 4.28. The van der Waals surface area contributed by atoms with Crippen molar-refractivity contribution in [1.82, 2.24) is 5.32 Å². The maximum absolute atomic E-state index is 11.3. The first kappa shape index (κ1) is 15.3. The minimum atomic E-state index is -0.184. The van der Waals surface area contributed by atoms with Gasteiger partial charge < -0.3 is 20.5 Å². The van der Waals surface area contributed by atoms with Crippen molar-refractivity contribution in [2.45, 2.75) is 25.8 Å². The Hall–Kier alpha value is -1.75. The molecule has 1 aromatic carbocycles. The molecule has 0 heterocycles. The molecule has 0 spiro atoms. The van der Waals surface area contributed by atoms with E-state index >= 15 is 0 Å². The summed E-state index contributed by atoms with van der Waals surface area (Å²) in [6.07, 6.45) is 1.57. The lowest BCUT2D eigenvalue weighted by atomic mass is 10.0. The van der Waals surface area contributed by atoms with Gasteiger partial charge in [-0.15, -0.1) is 0 Å². The molecule has 19 heavy (non-hydrogen) atoms. The standard InChI is InChI=1S/C14H22N2O3/c1-4-11(15)8-10-6-5-7-12(18-3)14(10)19-9-13(17)16-2/h5-7,11H,4,8-9,15H2,1-3H3,(H,16,17). The Bertz CT molecular complexity index is 421. The van der Waals surface area contributed by atoms with Gasteiger partial charge in [0.15, 0.2) is 18.1 Å². The van der Waals surface area contributed by atoms with Gasteiger partial charge in [-0.05, 0) is 24.5 Å². The van der Waals surface area contributed by atoms with E-state index in [2.05, 4.69) is 5.32 Å². The molecule has 3 N–H and O–H groups in total. The van der Waals surface area contributed by atoms with Crippen LogP contribution in [0.3, 0.4) is 0 Å². The van der Waals surface area contributed by atoms with Crippen molar-refractivity contribution in [1.29, 1.82) is 0 Å². The third-order valence-corrected chi connectivity index (χ3v) is 2.91. The van der Waals surface area contributed by atoms with Crippen LogP contribution in [0.4, 0.5) is 0 Å². The molecule has 5 heteroatoms. The van der Waals surface area contributed by atoms with Crippen molar-refractivity contribution in [3.05, 3.63) is 23.8 Å². The average Bonchev–Trinajstić information content (AvgIpc) is 2.44. The first-order valence-corrected chi connectivity index (χ1v) is 6.37. The Morgan fingerprint density at radius 1 is 1.47 bits per heavy atom. The van der Waals surface area contributed by atoms with Crippen LogP contribution < -0.4 is 20.5 Å². The largest absolute Gasteiger partial charge is 0.493 e. The number of hydrogen-bond donors (Lipinski definition) is 2. The topological polar surface area (TPSA) is 73.6 Å². The first-order chi connectivity index (χ1) is 9.12. The fourth-order valence-corrected chi connectivity index (χ4v) is 1.68. The van der Waals surface area contributed by atoms with Crippen LogP contribution in [0.1, 0.15) is 18.9 Å². The van der Waals surface area contributed by atoms with Gasteiger partial charge in [0.05, 0.1) is 7.11 Å². The van der Waals surface area contributed by atoms with Crippen LogP contribution in [-0.2, 0) is 11.2 Å². The number of amides is 1. The highest BCUT2D eigenvalue weighted by Crippen LogP contribution is 2.31. The van der Waals surface area contributed by atoms with Gasteiger partial charge in [-0.2, -0.15) is 0 Å². The van der Waals surface area contributed by atoms with Gasteiger partial charge in [-0.25, -0.2) is 0 Å². The Morgan fingerprint density at radius 3 is 2.79 bits per heavy atom. The lowest BCUT2D eigenvalue weighted by Gasteiger charge is -2.16. The van der Waals surface area contributed by atoms with Crippen LogP contribution in [0, 0.1) is 0 Å². The first-order valence-electron chi connectivity index (χ1n) is 6.37. The average molecular weight is 266 g/mol. The lowest BCUT2D eigenvalue weighted by molar-refractivity contribution is -0.122. The highest BCUT2D eigenvalue weighted by atomic mass is 16.5. The van der Waals surface area contributed by atoms with Crippen molar-refractivity contribution in [3.8, 4) is 11.5 Å². The molecular formula is C14H22N2O3. The predicted octanol–water partition coefficient (Wildman–Crippen LogP) is 1.10. The summed E-state index contributed by atoms with van der Waals surface area (Å²) >= 11 is 0. The number of hydrogen-bond acceptors (Lipinski definition) is 4. The molecule has 1 rings (SSSR count). The molecule has 1 atom stereocenters. The zero-order valence-corrected chi connectivity index (χ0v) is 11.7. The van der Waals surface area contributed by atoms with Crippen LogP contribution in [0.15, 0.2) is 18.2 Å². The zero-order valence-electron chi connectivity index (χ0n) is 11.7. The fourth-order valence-electron chi connectivity index (χ4n) is 1.68. The monoisotopic (exact) mass is 266 g/mol. The van der Waals surface area contributed by atoms with Crippen LogP contribution >= 0.6 is 0 Å². The molecular weight excluding hydrogens is 244 g/mol. The van der Waals surface area contributed by atoms with Gasteiger partial charge in [-0.3, -0.25) is 4.79 Å². The van der Waals surface area contributed by atoms with Crippen LogP contribution in [-0.4, -0.2) is 32.7 Å². The number of likely N-dealkylation sites (N-methyl/N-ethyl adjacent to an activating group) is 1. The number of benzene rings is 1. The summed E-state index contributed by atoms with van der Waals surface area (Å²) in [5.74, 6) is 1.03. The van der Waals surface area contributed by atoms with E-state index in [9.17, 15) is 4.79 Å². The molecule has 0 radical (unpaired) electrons. The number of nitrogens with one attached hydrogen (secondary N) is 1. The summed E-state index contributed by atoms with van der Waals surface area (Å²) in [6, 6.07) is 5.70. The molecule has 0 aromatic heterocycles. The molecule has 0 saturated carbocycles. The molecule has 106 valence electrons. The second kappa shape index (κ2) is 7.63. The SMILES string of the molecule is CCC(N)Cc1cccc(OC)c1OCC(=O)NC. The summed E-state index contributed by atoms with van der Waals surface area (Å²) in [6.45, 7) is 2.00. The van der Waals surface area contributed by atoms with Gasteiger partial charge in [0.25, 0.3) is 5.91 Å². The molecule has 1 unspecified atom stereocenters. The normalized spacial score (nSPS) is 11.8. The van der Waals surface area contributed by atoms with Gasteiger partial charge >= 0.3 is 0 Å².